The quantitative estimate of drug-likeness (QED) is 0.404. The Labute approximate surface area is 172 Å². The molecule has 0 aliphatic heterocycles. The third-order valence-electron chi connectivity index (χ3n) is 4.30. The number of hydrogen-bond donors (Lipinski definition) is 0. The lowest BCUT2D eigenvalue weighted by molar-refractivity contribution is 0.555. The van der Waals surface area contributed by atoms with Crippen molar-refractivity contribution in [1.82, 2.24) is 4.98 Å². The minimum absolute atomic E-state index is 0.0423. The summed E-state index contributed by atoms with van der Waals surface area (Å²) >= 11 is 1.40. The molecule has 4 rings (SSSR count). The fraction of sp³-hybridized carbons (Fsp3) is 0.0952. The predicted octanol–water partition coefficient (Wildman–Crippen LogP) is 5.01. The molecule has 0 N–H and O–H groups in total. The van der Waals surface area contributed by atoms with Crippen LogP contribution in [-0.2, 0) is 16.4 Å². The standard InChI is InChI=1S/C21H17FN2O3S2/c1-24(14-15-6-3-2-4-7-15)21-20(23-19(27-21)18-8-5-13-28-18)29(25,26)17-11-9-16(22)10-12-17/h2-13H,14H2,1H3. The van der Waals surface area contributed by atoms with Gasteiger partial charge in [0.25, 0.3) is 0 Å². The van der Waals surface area contributed by atoms with Gasteiger partial charge < -0.3 is 9.32 Å². The van der Waals surface area contributed by atoms with Gasteiger partial charge in [-0.2, -0.15) is 4.98 Å². The highest BCUT2D eigenvalue weighted by Gasteiger charge is 2.30. The van der Waals surface area contributed by atoms with Crippen LogP contribution < -0.4 is 4.90 Å². The van der Waals surface area contributed by atoms with Crippen LogP contribution in [-0.4, -0.2) is 20.4 Å². The van der Waals surface area contributed by atoms with Crippen LogP contribution in [0.3, 0.4) is 0 Å². The smallest absolute Gasteiger partial charge is 0.240 e. The average Bonchev–Trinajstić information content (AvgIpc) is 3.39. The van der Waals surface area contributed by atoms with Gasteiger partial charge in [-0.25, -0.2) is 12.8 Å². The number of anilines is 1. The second kappa shape index (κ2) is 7.81. The van der Waals surface area contributed by atoms with Crippen LogP contribution in [0.4, 0.5) is 10.3 Å². The third-order valence-corrected chi connectivity index (χ3v) is 6.82. The number of benzene rings is 2. The molecule has 0 radical (unpaired) electrons. The van der Waals surface area contributed by atoms with E-state index < -0.39 is 15.7 Å². The van der Waals surface area contributed by atoms with Crippen molar-refractivity contribution in [2.75, 3.05) is 11.9 Å². The molecule has 0 amide bonds. The van der Waals surface area contributed by atoms with Crippen LogP contribution in [0.1, 0.15) is 5.56 Å². The molecule has 29 heavy (non-hydrogen) atoms. The Morgan fingerprint density at radius 2 is 1.76 bits per heavy atom. The maximum atomic E-state index is 13.3. The molecule has 2 aromatic carbocycles. The van der Waals surface area contributed by atoms with E-state index >= 15 is 0 Å². The first-order valence-corrected chi connectivity index (χ1v) is 11.1. The first-order chi connectivity index (χ1) is 13.9. The zero-order valence-electron chi connectivity index (χ0n) is 15.4. The molecule has 5 nitrogen and oxygen atoms in total. The topological polar surface area (TPSA) is 63.4 Å². The Kier molecular flexibility index (Phi) is 5.21. The summed E-state index contributed by atoms with van der Waals surface area (Å²) in [7, 11) is -2.26. The van der Waals surface area contributed by atoms with Crippen LogP contribution in [0.25, 0.3) is 10.8 Å². The van der Waals surface area contributed by atoms with Gasteiger partial charge in [0.2, 0.25) is 26.6 Å². The van der Waals surface area contributed by atoms with Crippen LogP contribution in [0.2, 0.25) is 0 Å². The number of nitrogens with zero attached hydrogens (tertiary/aromatic N) is 2. The van der Waals surface area contributed by atoms with Gasteiger partial charge in [0, 0.05) is 13.6 Å². The highest BCUT2D eigenvalue weighted by Crippen LogP contribution is 2.36. The summed E-state index contributed by atoms with van der Waals surface area (Å²) in [6, 6.07) is 18.0. The molecule has 0 aliphatic rings. The summed E-state index contributed by atoms with van der Waals surface area (Å²) < 4.78 is 45.7. The van der Waals surface area contributed by atoms with Gasteiger partial charge in [-0.05, 0) is 41.3 Å². The fourth-order valence-corrected chi connectivity index (χ4v) is 4.87. The second-order valence-electron chi connectivity index (χ2n) is 6.41. The molecule has 0 atom stereocenters. The van der Waals surface area contributed by atoms with Gasteiger partial charge >= 0.3 is 0 Å². The molecule has 148 valence electrons. The molecule has 0 saturated heterocycles. The van der Waals surface area contributed by atoms with E-state index in [1.807, 2.05) is 47.8 Å². The third kappa shape index (κ3) is 3.94. The first-order valence-electron chi connectivity index (χ1n) is 8.75. The number of sulfone groups is 1. The van der Waals surface area contributed by atoms with Crippen LogP contribution in [0, 0.1) is 5.82 Å². The SMILES string of the molecule is CN(Cc1ccccc1)c1oc(-c2cccs2)nc1S(=O)(=O)c1ccc(F)cc1. The van der Waals surface area contributed by atoms with E-state index in [2.05, 4.69) is 4.98 Å². The van der Waals surface area contributed by atoms with E-state index in [1.165, 1.54) is 23.5 Å². The molecule has 4 aromatic rings. The number of aromatic nitrogens is 1. The number of halogens is 1. The van der Waals surface area contributed by atoms with E-state index in [1.54, 1.807) is 11.9 Å². The zero-order chi connectivity index (χ0) is 20.4. The zero-order valence-corrected chi connectivity index (χ0v) is 17.1. The lowest BCUT2D eigenvalue weighted by atomic mass is 10.2. The summed E-state index contributed by atoms with van der Waals surface area (Å²) in [4.78, 5) is 6.69. The van der Waals surface area contributed by atoms with E-state index in [0.29, 0.717) is 6.54 Å². The van der Waals surface area contributed by atoms with Gasteiger partial charge in [-0.3, -0.25) is 0 Å². The van der Waals surface area contributed by atoms with Crippen LogP contribution in [0.15, 0.2) is 86.4 Å². The minimum atomic E-state index is -4.00. The van der Waals surface area contributed by atoms with E-state index in [9.17, 15) is 12.8 Å². The summed E-state index contributed by atoms with van der Waals surface area (Å²) in [5, 5.41) is 1.67. The second-order valence-corrected chi connectivity index (χ2v) is 9.22. The maximum absolute atomic E-state index is 13.3. The number of oxazole rings is 1. The molecule has 0 spiro atoms. The lowest BCUT2D eigenvalue weighted by Crippen LogP contribution is -2.18. The normalized spacial score (nSPS) is 11.5. The Morgan fingerprint density at radius 3 is 2.41 bits per heavy atom. The van der Waals surface area contributed by atoms with E-state index in [-0.39, 0.29) is 21.7 Å². The molecular formula is C21H17FN2O3S2. The first kappa shape index (κ1) is 19.4. The predicted molar refractivity (Wildman–Crippen MR) is 110 cm³/mol. The van der Waals surface area contributed by atoms with Gasteiger partial charge in [0.05, 0.1) is 9.77 Å². The monoisotopic (exact) mass is 428 g/mol. The maximum Gasteiger partial charge on any atom is 0.240 e. The summed E-state index contributed by atoms with van der Waals surface area (Å²) in [6.45, 7) is 0.436. The van der Waals surface area contributed by atoms with Gasteiger partial charge in [0.15, 0.2) is 0 Å². The van der Waals surface area contributed by atoms with Gasteiger partial charge in [-0.1, -0.05) is 36.4 Å². The Balaban J connectivity index is 1.80. The number of thiophene rings is 1. The fourth-order valence-electron chi connectivity index (χ4n) is 2.87. The van der Waals surface area contributed by atoms with Crippen molar-refractivity contribution >= 4 is 27.1 Å². The van der Waals surface area contributed by atoms with Crippen molar-refractivity contribution < 1.29 is 17.2 Å². The number of hydrogen-bond acceptors (Lipinski definition) is 6. The molecule has 2 heterocycles. The van der Waals surface area contributed by atoms with Gasteiger partial charge in [0.1, 0.15) is 5.82 Å². The molecule has 0 aliphatic carbocycles. The van der Waals surface area contributed by atoms with Crippen molar-refractivity contribution in [2.45, 2.75) is 16.5 Å². The summed E-state index contributed by atoms with van der Waals surface area (Å²) in [5.41, 5.74) is 0.995. The Hall–Kier alpha value is -2.97. The van der Waals surface area contributed by atoms with Crippen molar-refractivity contribution in [2.24, 2.45) is 0 Å². The minimum Gasteiger partial charge on any atom is -0.418 e. The number of rotatable bonds is 6. The van der Waals surface area contributed by atoms with Crippen molar-refractivity contribution in [3.05, 3.63) is 83.5 Å². The van der Waals surface area contributed by atoms with Crippen molar-refractivity contribution in [3.63, 3.8) is 0 Å². The van der Waals surface area contributed by atoms with Crippen molar-refractivity contribution in [1.29, 1.82) is 0 Å². The average molecular weight is 429 g/mol. The molecule has 0 fully saturated rings. The van der Waals surface area contributed by atoms with Gasteiger partial charge in [-0.15, -0.1) is 11.3 Å². The van der Waals surface area contributed by atoms with E-state index in [4.69, 9.17) is 4.42 Å². The molecular weight excluding hydrogens is 411 g/mol. The highest BCUT2D eigenvalue weighted by molar-refractivity contribution is 7.91. The Bertz CT molecular complexity index is 1200. The van der Waals surface area contributed by atoms with Crippen molar-refractivity contribution in [3.8, 4) is 10.8 Å². The summed E-state index contributed by atoms with van der Waals surface area (Å²) in [6.07, 6.45) is 0. The summed E-state index contributed by atoms with van der Waals surface area (Å²) in [5.74, 6) is -0.137. The Morgan fingerprint density at radius 1 is 1.03 bits per heavy atom. The highest BCUT2D eigenvalue weighted by atomic mass is 32.2. The molecule has 0 saturated carbocycles. The van der Waals surface area contributed by atoms with Crippen LogP contribution >= 0.6 is 11.3 Å². The molecule has 8 heteroatoms. The van der Waals surface area contributed by atoms with Crippen LogP contribution in [0.5, 0.6) is 0 Å². The van der Waals surface area contributed by atoms with E-state index in [0.717, 1.165) is 22.6 Å². The largest absolute Gasteiger partial charge is 0.418 e. The molecule has 0 unspecified atom stereocenters. The molecule has 0 bridgehead atoms. The molecule has 2 aromatic heterocycles. The lowest BCUT2D eigenvalue weighted by Gasteiger charge is -2.17.